The molecule has 0 radical (unpaired) electrons. The van der Waals surface area contributed by atoms with E-state index in [0.29, 0.717) is 19.3 Å². The van der Waals surface area contributed by atoms with E-state index in [0.717, 1.165) is 109 Å². The molecule has 78 heavy (non-hydrogen) atoms. The summed E-state index contributed by atoms with van der Waals surface area (Å²) in [5.74, 6) is -0.882. The summed E-state index contributed by atoms with van der Waals surface area (Å²) >= 11 is 0. The average molecular weight is 1090 g/mol. The quantitative estimate of drug-likeness (QED) is 0.0261. The Morgan fingerprint density at radius 2 is 0.500 bits per heavy atom. The fourth-order valence-corrected chi connectivity index (χ4v) is 10.4. The van der Waals surface area contributed by atoms with E-state index in [9.17, 15) is 14.4 Å². The van der Waals surface area contributed by atoms with Crippen LogP contribution in [0.15, 0.2) is 48.6 Å². The maximum Gasteiger partial charge on any atom is 0.306 e. The fraction of sp³-hybridized carbons (Fsp3) is 0.847. The van der Waals surface area contributed by atoms with Crippen molar-refractivity contribution < 1.29 is 28.6 Å². The first-order valence-corrected chi connectivity index (χ1v) is 34.6. The van der Waals surface area contributed by atoms with Gasteiger partial charge in [-0.1, -0.05) is 326 Å². The Bertz CT molecular complexity index is 1350. The van der Waals surface area contributed by atoms with E-state index in [1.165, 1.54) is 225 Å². The number of hydrogen-bond acceptors (Lipinski definition) is 6. The highest BCUT2D eigenvalue weighted by atomic mass is 16.6. The Balaban J connectivity index is 4.20. The lowest BCUT2D eigenvalue weighted by atomic mass is 10.0. The van der Waals surface area contributed by atoms with Gasteiger partial charge in [0.1, 0.15) is 13.2 Å². The first-order valence-electron chi connectivity index (χ1n) is 34.6. The monoisotopic (exact) mass is 1090 g/mol. The Labute approximate surface area is 486 Å². The van der Waals surface area contributed by atoms with E-state index >= 15 is 0 Å². The number of carbonyl (C=O) groups is 3. The number of hydrogen-bond donors (Lipinski definition) is 0. The molecule has 0 aromatic heterocycles. The lowest BCUT2D eigenvalue weighted by molar-refractivity contribution is -0.167. The van der Waals surface area contributed by atoms with Crippen LogP contribution in [0, 0.1) is 0 Å². The highest BCUT2D eigenvalue weighted by molar-refractivity contribution is 5.71. The molecule has 0 N–H and O–H groups in total. The summed E-state index contributed by atoms with van der Waals surface area (Å²) in [6.07, 6.45) is 84.4. The normalized spacial score (nSPS) is 12.3. The van der Waals surface area contributed by atoms with Crippen LogP contribution in [-0.4, -0.2) is 37.2 Å². The molecule has 0 fully saturated rings. The van der Waals surface area contributed by atoms with E-state index in [-0.39, 0.29) is 31.1 Å². The van der Waals surface area contributed by atoms with Crippen LogP contribution in [0.2, 0.25) is 0 Å². The molecular weight excluding hydrogens is 961 g/mol. The van der Waals surface area contributed by atoms with Gasteiger partial charge in [-0.3, -0.25) is 14.4 Å². The third kappa shape index (κ3) is 64.2. The van der Waals surface area contributed by atoms with Crippen LogP contribution < -0.4 is 0 Å². The number of unbranched alkanes of at least 4 members (excludes halogenated alkanes) is 45. The van der Waals surface area contributed by atoms with Crippen LogP contribution in [0.5, 0.6) is 0 Å². The molecule has 6 nitrogen and oxygen atoms in total. The number of ether oxygens (including phenoxy) is 3. The van der Waals surface area contributed by atoms with Crippen LogP contribution in [0.4, 0.5) is 0 Å². The number of esters is 3. The summed E-state index contributed by atoms with van der Waals surface area (Å²) in [6.45, 7) is 6.57. The molecule has 0 aromatic rings. The van der Waals surface area contributed by atoms with Gasteiger partial charge in [0.25, 0.3) is 0 Å². The van der Waals surface area contributed by atoms with Crippen LogP contribution in [-0.2, 0) is 28.6 Å². The van der Waals surface area contributed by atoms with Gasteiger partial charge in [-0.25, -0.2) is 0 Å². The summed E-state index contributed by atoms with van der Waals surface area (Å²) in [7, 11) is 0. The molecule has 1 unspecified atom stereocenters. The molecule has 0 saturated heterocycles. The van der Waals surface area contributed by atoms with E-state index in [1.807, 2.05) is 0 Å². The van der Waals surface area contributed by atoms with Gasteiger partial charge in [-0.05, 0) is 77.0 Å². The third-order valence-electron chi connectivity index (χ3n) is 15.6. The molecule has 0 amide bonds. The molecule has 0 aliphatic rings. The van der Waals surface area contributed by atoms with Gasteiger partial charge in [-0.15, -0.1) is 0 Å². The molecule has 456 valence electrons. The van der Waals surface area contributed by atoms with Crippen molar-refractivity contribution in [1.82, 2.24) is 0 Å². The number of rotatable bonds is 64. The SMILES string of the molecule is CC/C=C\C/C=C\C/C=C\CCCCCCCC(=O)OCC(COC(=O)CCCCCCCCCCCCCCCCCCCCCCCCCCCCCCC)OC(=O)CCCCCCC/C=C\CCCCCCCCC. The topological polar surface area (TPSA) is 78.9 Å². The molecular formula is C72H132O6. The summed E-state index contributed by atoms with van der Waals surface area (Å²) in [5, 5.41) is 0. The summed E-state index contributed by atoms with van der Waals surface area (Å²) in [4.78, 5) is 38.4. The largest absolute Gasteiger partial charge is 0.462 e. The second-order valence-corrected chi connectivity index (χ2v) is 23.4. The van der Waals surface area contributed by atoms with Crippen molar-refractivity contribution >= 4 is 17.9 Å². The molecule has 0 heterocycles. The highest BCUT2D eigenvalue weighted by Crippen LogP contribution is 2.18. The Kier molecular flexibility index (Phi) is 64.6. The smallest absolute Gasteiger partial charge is 0.306 e. The van der Waals surface area contributed by atoms with Crippen LogP contribution >= 0.6 is 0 Å². The molecule has 0 aliphatic carbocycles. The standard InChI is InChI=1S/C72H132O6/c1-4-7-10-13-16-19-22-25-28-30-31-32-33-34-35-36-37-38-39-40-41-42-45-47-50-53-56-59-62-65-71(74)77-68-69(67-76-70(73)64-61-58-55-52-49-46-43-27-24-21-18-15-12-9-6-3)78-72(75)66-63-60-57-54-51-48-44-29-26-23-20-17-14-11-8-5-2/h9,12,18,21,27,29,43-44,69H,4-8,10-11,13-17,19-20,22-26,28,30-42,45-68H2,1-3H3/b12-9-,21-18-,43-27-,44-29-. The van der Waals surface area contributed by atoms with Gasteiger partial charge in [-0.2, -0.15) is 0 Å². The van der Waals surface area contributed by atoms with Gasteiger partial charge in [0, 0.05) is 19.3 Å². The summed E-state index contributed by atoms with van der Waals surface area (Å²) < 4.78 is 16.9. The van der Waals surface area contributed by atoms with Crippen molar-refractivity contribution in [1.29, 1.82) is 0 Å². The molecule has 0 saturated carbocycles. The molecule has 0 spiro atoms. The zero-order chi connectivity index (χ0) is 56.4. The number of carbonyl (C=O) groups excluding carboxylic acids is 3. The Morgan fingerprint density at radius 3 is 0.795 bits per heavy atom. The van der Waals surface area contributed by atoms with Crippen molar-refractivity contribution in [3.8, 4) is 0 Å². The second-order valence-electron chi connectivity index (χ2n) is 23.4. The third-order valence-corrected chi connectivity index (χ3v) is 15.6. The minimum absolute atomic E-state index is 0.0784. The Hall–Kier alpha value is -2.63. The summed E-state index contributed by atoms with van der Waals surface area (Å²) in [5.41, 5.74) is 0. The minimum Gasteiger partial charge on any atom is -0.462 e. The number of allylic oxidation sites excluding steroid dienone is 8. The molecule has 0 bridgehead atoms. The van der Waals surface area contributed by atoms with Gasteiger partial charge < -0.3 is 14.2 Å². The molecule has 1 atom stereocenters. The average Bonchev–Trinajstić information content (AvgIpc) is 3.44. The van der Waals surface area contributed by atoms with Gasteiger partial charge in [0.15, 0.2) is 6.10 Å². The molecule has 6 heteroatoms. The lowest BCUT2D eigenvalue weighted by Crippen LogP contribution is -2.30. The van der Waals surface area contributed by atoms with E-state index < -0.39 is 6.10 Å². The predicted molar refractivity (Wildman–Crippen MR) is 339 cm³/mol. The second kappa shape index (κ2) is 66.9. The van der Waals surface area contributed by atoms with Gasteiger partial charge in [0.2, 0.25) is 0 Å². The van der Waals surface area contributed by atoms with Crippen molar-refractivity contribution in [3.63, 3.8) is 0 Å². The van der Waals surface area contributed by atoms with Crippen molar-refractivity contribution in [3.05, 3.63) is 48.6 Å². The maximum absolute atomic E-state index is 12.9. The van der Waals surface area contributed by atoms with Gasteiger partial charge in [0.05, 0.1) is 0 Å². The molecule has 0 aromatic carbocycles. The van der Waals surface area contributed by atoms with E-state index in [1.54, 1.807) is 0 Å². The van der Waals surface area contributed by atoms with E-state index in [4.69, 9.17) is 14.2 Å². The van der Waals surface area contributed by atoms with Crippen molar-refractivity contribution in [2.24, 2.45) is 0 Å². The first-order chi connectivity index (χ1) is 38.5. The fourth-order valence-electron chi connectivity index (χ4n) is 10.4. The van der Waals surface area contributed by atoms with Crippen molar-refractivity contribution in [2.75, 3.05) is 13.2 Å². The zero-order valence-electron chi connectivity index (χ0n) is 52.5. The summed E-state index contributed by atoms with van der Waals surface area (Å²) in [6, 6.07) is 0. The van der Waals surface area contributed by atoms with Gasteiger partial charge >= 0.3 is 17.9 Å². The highest BCUT2D eigenvalue weighted by Gasteiger charge is 2.19. The molecule has 0 rings (SSSR count). The van der Waals surface area contributed by atoms with E-state index in [2.05, 4.69) is 69.4 Å². The van der Waals surface area contributed by atoms with Crippen LogP contribution in [0.25, 0.3) is 0 Å². The maximum atomic E-state index is 12.9. The lowest BCUT2D eigenvalue weighted by Gasteiger charge is -2.18. The Morgan fingerprint density at radius 1 is 0.269 bits per heavy atom. The minimum atomic E-state index is -0.784. The van der Waals surface area contributed by atoms with Crippen molar-refractivity contribution in [2.45, 2.75) is 380 Å². The van der Waals surface area contributed by atoms with Crippen LogP contribution in [0.3, 0.4) is 0 Å². The van der Waals surface area contributed by atoms with Crippen LogP contribution in [0.1, 0.15) is 374 Å². The predicted octanol–water partition coefficient (Wildman–Crippen LogP) is 23.7. The zero-order valence-corrected chi connectivity index (χ0v) is 52.5. The first kappa shape index (κ1) is 75.4. The molecule has 0 aliphatic heterocycles.